The molecule has 0 aliphatic carbocycles. The molecule has 138 valence electrons. The molecule has 1 aliphatic rings. The van der Waals surface area contributed by atoms with Crippen LogP contribution >= 0.6 is 11.3 Å². The molecule has 0 radical (unpaired) electrons. The third-order valence-corrected chi connectivity index (χ3v) is 5.31. The van der Waals surface area contributed by atoms with E-state index in [9.17, 15) is 9.59 Å². The topological polar surface area (TPSA) is 74.8 Å². The minimum atomic E-state index is -0.367. The molecule has 1 fully saturated rings. The van der Waals surface area contributed by atoms with Crippen LogP contribution in [0, 0.1) is 13.8 Å². The minimum Gasteiger partial charge on any atom is -0.447 e. The van der Waals surface area contributed by atoms with Gasteiger partial charge in [-0.15, -0.1) is 11.3 Å². The number of hydrogen-bond acceptors (Lipinski definition) is 5. The van der Waals surface area contributed by atoms with Crippen LogP contribution in [0.1, 0.15) is 28.5 Å². The van der Waals surface area contributed by atoms with Gasteiger partial charge in [-0.2, -0.15) is 0 Å². The molecule has 2 heterocycles. The van der Waals surface area contributed by atoms with Crippen LogP contribution in [0.15, 0.2) is 24.3 Å². The first-order chi connectivity index (χ1) is 12.4. The molecule has 0 bridgehead atoms. The Morgan fingerprint density at radius 1 is 1.42 bits per heavy atom. The quantitative estimate of drug-likeness (QED) is 0.879. The number of carbonyl (C=O) groups excluding carboxylic acids is 2. The lowest BCUT2D eigenvalue weighted by molar-refractivity contribution is 0.181. The predicted molar refractivity (Wildman–Crippen MR) is 102 cm³/mol. The lowest BCUT2D eigenvalue weighted by Crippen LogP contribution is -2.34. The molecule has 1 aliphatic heterocycles. The summed E-state index contributed by atoms with van der Waals surface area (Å²) in [4.78, 5) is 33.1. The van der Waals surface area contributed by atoms with Gasteiger partial charge >= 0.3 is 12.1 Å². The van der Waals surface area contributed by atoms with Crippen molar-refractivity contribution in [3.63, 3.8) is 0 Å². The highest BCUT2D eigenvalue weighted by molar-refractivity contribution is 7.11. The summed E-state index contributed by atoms with van der Waals surface area (Å²) in [6.45, 7) is 6.82. The molecule has 26 heavy (non-hydrogen) atoms. The number of thiazole rings is 1. The fourth-order valence-corrected chi connectivity index (χ4v) is 3.79. The fraction of sp³-hybridized carbons (Fsp3) is 0.389. The van der Waals surface area contributed by atoms with Crippen LogP contribution in [0.2, 0.25) is 0 Å². The van der Waals surface area contributed by atoms with Gasteiger partial charge in [-0.3, -0.25) is 4.90 Å². The highest BCUT2D eigenvalue weighted by Gasteiger charge is 2.25. The molecule has 7 nitrogen and oxygen atoms in total. The number of ether oxygens (including phenoxy) is 1. The maximum Gasteiger partial charge on any atom is 0.414 e. The number of nitrogens with one attached hydrogen (secondary N) is 1. The van der Waals surface area contributed by atoms with Crippen LogP contribution in [0.4, 0.5) is 21.0 Å². The molecule has 3 rings (SSSR count). The van der Waals surface area contributed by atoms with Gasteiger partial charge in [0.2, 0.25) is 0 Å². The molecule has 1 N–H and O–H groups in total. The van der Waals surface area contributed by atoms with Crippen molar-refractivity contribution in [2.24, 2.45) is 0 Å². The molecule has 1 aromatic heterocycles. The van der Waals surface area contributed by atoms with Gasteiger partial charge < -0.3 is 15.0 Å². The van der Waals surface area contributed by atoms with Crippen LogP contribution in [-0.4, -0.2) is 42.2 Å². The van der Waals surface area contributed by atoms with Gasteiger partial charge in [0.15, 0.2) is 0 Å². The maximum absolute atomic E-state index is 12.6. The van der Waals surface area contributed by atoms with Gasteiger partial charge in [-0.05, 0) is 39.0 Å². The van der Waals surface area contributed by atoms with Crippen molar-refractivity contribution in [1.82, 2.24) is 9.88 Å². The molecule has 0 saturated carbocycles. The van der Waals surface area contributed by atoms with Gasteiger partial charge in [-0.1, -0.05) is 6.07 Å². The second-order valence-electron chi connectivity index (χ2n) is 6.21. The van der Waals surface area contributed by atoms with Crippen molar-refractivity contribution in [3.8, 4) is 0 Å². The molecule has 3 amide bonds. The number of aryl methyl sites for hydroxylation is 2. The van der Waals surface area contributed by atoms with Gasteiger partial charge in [-0.25, -0.2) is 14.6 Å². The monoisotopic (exact) mass is 374 g/mol. The van der Waals surface area contributed by atoms with E-state index in [2.05, 4.69) is 10.3 Å². The summed E-state index contributed by atoms with van der Waals surface area (Å²) >= 11 is 1.63. The highest BCUT2D eigenvalue weighted by Crippen LogP contribution is 2.27. The van der Waals surface area contributed by atoms with Crippen LogP contribution in [0.25, 0.3) is 0 Å². The molecule has 2 aromatic rings. The average Bonchev–Trinajstić information content (AvgIpc) is 3.18. The summed E-state index contributed by atoms with van der Waals surface area (Å²) in [7, 11) is 1.75. The number of urea groups is 1. The first-order valence-corrected chi connectivity index (χ1v) is 9.20. The Morgan fingerprint density at radius 3 is 2.81 bits per heavy atom. The Labute approximate surface area is 156 Å². The smallest absolute Gasteiger partial charge is 0.414 e. The van der Waals surface area contributed by atoms with Crippen molar-refractivity contribution in [1.29, 1.82) is 0 Å². The number of rotatable bonds is 4. The summed E-state index contributed by atoms with van der Waals surface area (Å²) in [5, 5.41) is 3.87. The number of benzene rings is 1. The van der Waals surface area contributed by atoms with E-state index < -0.39 is 0 Å². The van der Waals surface area contributed by atoms with E-state index in [0.717, 1.165) is 15.6 Å². The first kappa shape index (κ1) is 18.2. The van der Waals surface area contributed by atoms with E-state index in [1.807, 2.05) is 26.8 Å². The number of aromatic nitrogens is 1. The maximum atomic E-state index is 12.6. The first-order valence-electron chi connectivity index (χ1n) is 8.39. The van der Waals surface area contributed by atoms with Gasteiger partial charge in [0.05, 0.1) is 23.3 Å². The van der Waals surface area contributed by atoms with Crippen LogP contribution < -0.4 is 10.2 Å². The van der Waals surface area contributed by atoms with Gasteiger partial charge in [0, 0.05) is 23.3 Å². The lowest BCUT2D eigenvalue weighted by Gasteiger charge is -2.25. The van der Waals surface area contributed by atoms with Crippen LogP contribution in [-0.2, 0) is 4.74 Å². The fourth-order valence-electron chi connectivity index (χ4n) is 2.88. The number of carbonyl (C=O) groups is 2. The average molecular weight is 374 g/mol. The Bertz CT molecular complexity index is 836. The molecule has 1 aromatic carbocycles. The minimum absolute atomic E-state index is 0.142. The molecule has 1 unspecified atom stereocenters. The second kappa shape index (κ2) is 7.33. The highest BCUT2D eigenvalue weighted by atomic mass is 32.1. The SMILES string of the molecule is Cc1nc(C(C)N(C)C(=O)Nc2cccc(N3CCOC3=O)c2)c(C)s1. The van der Waals surface area contributed by atoms with Crippen molar-refractivity contribution in [3.05, 3.63) is 39.8 Å². The summed E-state index contributed by atoms with van der Waals surface area (Å²) in [5.41, 5.74) is 2.24. The van der Waals surface area contributed by atoms with E-state index in [1.54, 1.807) is 46.4 Å². The Kier molecular flexibility index (Phi) is 5.13. The molecule has 1 atom stereocenters. The Balaban J connectivity index is 1.71. The van der Waals surface area contributed by atoms with Crippen molar-refractivity contribution < 1.29 is 14.3 Å². The summed E-state index contributed by atoms with van der Waals surface area (Å²) in [5.74, 6) is 0. The normalized spacial score (nSPS) is 14.9. The molecule has 1 saturated heterocycles. The molecular formula is C18H22N4O3S. The second-order valence-corrected chi connectivity index (χ2v) is 7.61. The largest absolute Gasteiger partial charge is 0.447 e. The number of cyclic esters (lactones) is 1. The number of amides is 3. The summed E-state index contributed by atoms with van der Waals surface area (Å²) in [6, 6.07) is 6.80. The number of nitrogens with zero attached hydrogens (tertiary/aromatic N) is 3. The standard InChI is InChI=1S/C18H22N4O3S/c1-11(16-12(2)26-13(3)19-16)21(4)17(23)20-14-6-5-7-15(10-14)22-8-9-25-18(22)24/h5-7,10-11H,8-9H2,1-4H3,(H,20,23). The van der Waals surface area contributed by atoms with Gasteiger partial charge in [0.25, 0.3) is 0 Å². The third kappa shape index (κ3) is 3.65. The zero-order valence-electron chi connectivity index (χ0n) is 15.3. The number of hydrogen-bond donors (Lipinski definition) is 1. The summed E-state index contributed by atoms with van der Waals surface area (Å²) in [6.07, 6.45) is -0.367. The van der Waals surface area contributed by atoms with E-state index in [-0.39, 0.29) is 18.2 Å². The molecule has 8 heteroatoms. The Morgan fingerprint density at radius 2 is 2.19 bits per heavy atom. The Hall–Kier alpha value is -2.61. The van der Waals surface area contributed by atoms with Crippen molar-refractivity contribution in [2.45, 2.75) is 26.8 Å². The predicted octanol–water partition coefficient (Wildman–Crippen LogP) is 3.94. The lowest BCUT2D eigenvalue weighted by atomic mass is 10.2. The van der Waals surface area contributed by atoms with Gasteiger partial charge in [0.1, 0.15) is 6.61 Å². The molecule has 0 spiro atoms. The van der Waals surface area contributed by atoms with Crippen molar-refractivity contribution >= 4 is 34.8 Å². The van der Waals surface area contributed by atoms with E-state index in [1.165, 1.54) is 0 Å². The van der Waals surface area contributed by atoms with Crippen LogP contribution in [0.5, 0.6) is 0 Å². The van der Waals surface area contributed by atoms with E-state index >= 15 is 0 Å². The third-order valence-electron chi connectivity index (χ3n) is 4.41. The zero-order valence-corrected chi connectivity index (χ0v) is 16.1. The number of anilines is 2. The zero-order chi connectivity index (χ0) is 18.8. The van der Waals surface area contributed by atoms with Crippen molar-refractivity contribution in [2.75, 3.05) is 30.4 Å². The summed E-state index contributed by atoms with van der Waals surface area (Å²) < 4.78 is 4.96. The van der Waals surface area contributed by atoms with E-state index in [4.69, 9.17) is 4.74 Å². The molecular weight excluding hydrogens is 352 g/mol. The van der Waals surface area contributed by atoms with Crippen LogP contribution in [0.3, 0.4) is 0 Å². The van der Waals surface area contributed by atoms with E-state index in [0.29, 0.717) is 24.5 Å².